The molecule has 2 rings (SSSR count). The Balaban J connectivity index is 2.03. The molecule has 1 atom stereocenters. The zero-order valence-corrected chi connectivity index (χ0v) is 12.0. The number of rotatable bonds is 4. The molecular formula is C14H13Cl2NS. The summed E-state index contributed by atoms with van der Waals surface area (Å²) < 4.78 is 0. The van der Waals surface area contributed by atoms with Gasteiger partial charge in [0.25, 0.3) is 0 Å². The van der Waals surface area contributed by atoms with Crippen LogP contribution in [0.2, 0.25) is 10.0 Å². The summed E-state index contributed by atoms with van der Waals surface area (Å²) in [7, 11) is 0. The number of hydrogen-bond acceptors (Lipinski definition) is 2. The molecule has 0 aromatic heterocycles. The third-order valence-electron chi connectivity index (χ3n) is 2.56. The topological polar surface area (TPSA) is 26.0 Å². The van der Waals surface area contributed by atoms with E-state index in [9.17, 15) is 0 Å². The molecule has 0 saturated carbocycles. The average Bonchev–Trinajstić information content (AvgIpc) is 2.38. The molecule has 94 valence electrons. The highest BCUT2D eigenvalue weighted by molar-refractivity contribution is 7.99. The minimum Gasteiger partial charge on any atom is -0.323 e. The van der Waals surface area contributed by atoms with Crippen molar-refractivity contribution in [2.75, 3.05) is 5.75 Å². The Kier molecular flexibility index (Phi) is 4.95. The second kappa shape index (κ2) is 6.48. The van der Waals surface area contributed by atoms with Gasteiger partial charge in [-0.2, -0.15) is 0 Å². The number of halogens is 2. The molecule has 0 aliphatic rings. The van der Waals surface area contributed by atoms with E-state index in [0.717, 1.165) is 21.2 Å². The van der Waals surface area contributed by atoms with Crippen LogP contribution in [0.1, 0.15) is 11.6 Å². The average molecular weight is 298 g/mol. The Labute approximate surface area is 121 Å². The molecule has 2 N–H and O–H groups in total. The van der Waals surface area contributed by atoms with E-state index in [2.05, 4.69) is 0 Å². The molecule has 1 nitrogen and oxygen atoms in total. The van der Waals surface area contributed by atoms with Gasteiger partial charge in [0.1, 0.15) is 0 Å². The van der Waals surface area contributed by atoms with E-state index >= 15 is 0 Å². The van der Waals surface area contributed by atoms with Crippen LogP contribution in [-0.4, -0.2) is 5.75 Å². The lowest BCUT2D eigenvalue weighted by molar-refractivity contribution is 0.831. The van der Waals surface area contributed by atoms with Crippen molar-refractivity contribution >= 4 is 35.0 Å². The van der Waals surface area contributed by atoms with Gasteiger partial charge in [-0.3, -0.25) is 0 Å². The fraction of sp³-hybridized carbons (Fsp3) is 0.143. The van der Waals surface area contributed by atoms with Crippen molar-refractivity contribution in [1.29, 1.82) is 0 Å². The molecule has 4 heteroatoms. The number of thioether (sulfide) groups is 1. The van der Waals surface area contributed by atoms with Gasteiger partial charge in [0, 0.05) is 21.7 Å². The molecule has 2 aromatic rings. The summed E-state index contributed by atoms with van der Waals surface area (Å²) in [6.45, 7) is 0. The molecule has 0 amide bonds. The lowest BCUT2D eigenvalue weighted by atomic mass is 10.1. The quantitative estimate of drug-likeness (QED) is 0.822. The van der Waals surface area contributed by atoms with Gasteiger partial charge in [-0.15, -0.1) is 11.8 Å². The van der Waals surface area contributed by atoms with Crippen molar-refractivity contribution in [3.63, 3.8) is 0 Å². The zero-order chi connectivity index (χ0) is 13.0. The SMILES string of the molecule is NC(CSc1ccccc1Cl)c1ccccc1Cl. The summed E-state index contributed by atoms with van der Waals surface area (Å²) >= 11 is 13.9. The summed E-state index contributed by atoms with van der Waals surface area (Å²) in [5.74, 6) is 0.744. The predicted octanol–water partition coefficient (Wildman–Crippen LogP) is 4.79. The predicted molar refractivity (Wildman–Crippen MR) is 80.6 cm³/mol. The van der Waals surface area contributed by atoms with E-state index < -0.39 is 0 Å². The zero-order valence-electron chi connectivity index (χ0n) is 9.64. The van der Waals surface area contributed by atoms with Crippen molar-refractivity contribution in [3.05, 3.63) is 64.1 Å². The Morgan fingerprint density at radius 3 is 2.22 bits per heavy atom. The van der Waals surface area contributed by atoms with E-state index in [0.29, 0.717) is 5.02 Å². The lowest BCUT2D eigenvalue weighted by Crippen LogP contribution is -2.13. The molecule has 18 heavy (non-hydrogen) atoms. The fourth-order valence-electron chi connectivity index (χ4n) is 1.61. The van der Waals surface area contributed by atoms with E-state index in [1.54, 1.807) is 11.8 Å². The van der Waals surface area contributed by atoms with Crippen LogP contribution < -0.4 is 5.73 Å². The van der Waals surface area contributed by atoms with Crippen molar-refractivity contribution in [3.8, 4) is 0 Å². The van der Waals surface area contributed by atoms with Crippen molar-refractivity contribution < 1.29 is 0 Å². The van der Waals surface area contributed by atoms with Crippen LogP contribution >= 0.6 is 35.0 Å². The van der Waals surface area contributed by atoms with Gasteiger partial charge in [0.05, 0.1) is 5.02 Å². The molecular weight excluding hydrogens is 285 g/mol. The van der Waals surface area contributed by atoms with Crippen LogP contribution in [0.4, 0.5) is 0 Å². The summed E-state index contributed by atoms with van der Waals surface area (Å²) in [6, 6.07) is 15.3. The second-order valence-corrected chi connectivity index (χ2v) is 5.75. The Morgan fingerprint density at radius 2 is 1.56 bits per heavy atom. The number of hydrogen-bond donors (Lipinski definition) is 1. The van der Waals surface area contributed by atoms with E-state index in [4.69, 9.17) is 28.9 Å². The van der Waals surface area contributed by atoms with Gasteiger partial charge in [0.2, 0.25) is 0 Å². The largest absolute Gasteiger partial charge is 0.323 e. The lowest BCUT2D eigenvalue weighted by Gasteiger charge is -2.13. The Morgan fingerprint density at radius 1 is 0.944 bits per heavy atom. The molecule has 1 unspecified atom stereocenters. The first-order valence-corrected chi connectivity index (χ1v) is 7.30. The van der Waals surface area contributed by atoms with Crippen LogP contribution in [-0.2, 0) is 0 Å². The van der Waals surface area contributed by atoms with Gasteiger partial charge < -0.3 is 5.73 Å². The summed E-state index contributed by atoms with van der Waals surface area (Å²) in [6.07, 6.45) is 0. The highest BCUT2D eigenvalue weighted by atomic mass is 35.5. The summed E-state index contributed by atoms with van der Waals surface area (Å²) in [5, 5.41) is 1.47. The maximum absolute atomic E-state index is 6.15. The maximum atomic E-state index is 6.15. The van der Waals surface area contributed by atoms with Gasteiger partial charge in [0.15, 0.2) is 0 Å². The smallest absolute Gasteiger partial charge is 0.0541 e. The first-order valence-electron chi connectivity index (χ1n) is 5.56. The minimum absolute atomic E-state index is 0.0972. The summed E-state index contributed by atoms with van der Waals surface area (Å²) in [5.41, 5.74) is 7.12. The standard InChI is InChI=1S/C14H13Cl2NS/c15-11-6-2-1-5-10(11)13(17)9-18-14-8-4-3-7-12(14)16/h1-8,13H,9,17H2. The monoisotopic (exact) mass is 297 g/mol. The molecule has 0 saturated heterocycles. The number of benzene rings is 2. The van der Waals surface area contributed by atoms with Crippen LogP contribution in [0.3, 0.4) is 0 Å². The molecule has 0 aliphatic heterocycles. The van der Waals surface area contributed by atoms with Crippen molar-refractivity contribution in [1.82, 2.24) is 0 Å². The normalized spacial score (nSPS) is 12.4. The third-order valence-corrected chi connectivity index (χ3v) is 4.54. The van der Waals surface area contributed by atoms with Crippen LogP contribution in [0.5, 0.6) is 0 Å². The first-order chi connectivity index (χ1) is 8.68. The van der Waals surface area contributed by atoms with Crippen molar-refractivity contribution in [2.24, 2.45) is 5.73 Å². The molecule has 0 bridgehead atoms. The minimum atomic E-state index is -0.0972. The van der Waals surface area contributed by atoms with Gasteiger partial charge in [-0.1, -0.05) is 53.5 Å². The molecule has 0 radical (unpaired) electrons. The van der Waals surface area contributed by atoms with Crippen LogP contribution in [0.15, 0.2) is 53.4 Å². The van der Waals surface area contributed by atoms with E-state index in [1.165, 1.54) is 0 Å². The van der Waals surface area contributed by atoms with Crippen LogP contribution in [0.25, 0.3) is 0 Å². The van der Waals surface area contributed by atoms with Crippen LogP contribution in [0, 0.1) is 0 Å². The third kappa shape index (κ3) is 3.42. The Hall–Kier alpha value is -0.670. The van der Waals surface area contributed by atoms with E-state index in [-0.39, 0.29) is 6.04 Å². The van der Waals surface area contributed by atoms with Gasteiger partial charge in [-0.05, 0) is 23.8 Å². The first kappa shape index (κ1) is 13.8. The Bertz CT molecular complexity index is 531. The highest BCUT2D eigenvalue weighted by Gasteiger charge is 2.10. The van der Waals surface area contributed by atoms with Gasteiger partial charge >= 0.3 is 0 Å². The maximum Gasteiger partial charge on any atom is 0.0541 e. The number of nitrogens with two attached hydrogens (primary N) is 1. The van der Waals surface area contributed by atoms with Gasteiger partial charge in [-0.25, -0.2) is 0 Å². The second-order valence-electron chi connectivity index (χ2n) is 3.87. The van der Waals surface area contributed by atoms with E-state index in [1.807, 2.05) is 48.5 Å². The fourth-order valence-corrected chi connectivity index (χ4v) is 3.10. The molecule has 0 heterocycles. The highest BCUT2D eigenvalue weighted by Crippen LogP contribution is 2.31. The summed E-state index contributed by atoms with van der Waals surface area (Å²) in [4.78, 5) is 1.04. The molecule has 0 fully saturated rings. The van der Waals surface area contributed by atoms with Crippen molar-refractivity contribution in [2.45, 2.75) is 10.9 Å². The molecule has 2 aromatic carbocycles. The molecule has 0 aliphatic carbocycles. The molecule has 0 spiro atoms.